The van der Waals surface area contributed by atoms with Crippen molar-refractivity contribution in [1.82, 2.24) is 0 Å². The summed E-state index contributed by atoms with van der Waals surface area (Å²) in [4.78, 5) is 0. The quantitative estimate of drug-likeness (QED) is 0.613. The monoisotopic (exact) mass is 158 g/mol. The van der Waals surface area contributed by atoms with Crippen LogP contribution in [0.5, 0.6) is 0 Å². The molecule has 0 amide bonds. The van der Waals surface area contributed by atoms with E-state index in [1.165, 1.54) is 19.3 Å². The second kappa shape index (κ2) is 6.62. The van der Waals surface area contributed by atoms with Gasteiger partial charge in [0, 0.05) is 0 Å². The second-order valence-electron chi connectivity index (χ2n) is 3.61. The summed E-state index contributed by atoms with van der Waals surface area (Å²) < 4.78 is 0. The smallest absolute Gasteiger partial charge is 0.00515 e. The first-order chi connectivity index (χ1) is 5.20. The third kappa shape index (κ3) is 6.32. The van der Waals surface area contributed by atoms with Gasteiger partial charge in [-0.2, -0.15) is 0 Å². The Kier molecular flexibility index (Phi) is 6.57. The van der Waals surface area contributed by atoms with Gasteiger partial charge in [-0.3, -0.25) is 0 Å². The van der Waals surface area contributed by atoms with Crippen LogP contribution >= 0.6 is 0 Å². The standard InChI is InChI=1S/C9H22N2/c1-8(6-10)4-3-5-9(2)7-11/h8-9H,3-7,10-11H2,1-2H3. The van der Waals surface area contributed by atoms with E-state index in [9.17, 15) is 0 Å². The van der Waals surface area contributed by atoms with Gasteiger partial charge in [-0.15, -0.1) is 0 Å². The van der Waals surface area contributed by atoms with Gasteiger partial charge in [0.1, 0.15) is 0 Å². The van der Waals surface area contributed by atoms with E-state index in [2.05, 4.69) is 13.8 Å². The van der Waals surface area contributed by atoms with Crippen molar-refractivity contribution in [2.75, 3.05) is 13.1 Å². The fraction of sp³-hybridized carbons (Fsp3) is 1.00. The van der Waals surface area contributed by atoms with Crippen LogP contribution in [0.2, 0.25) is 0 Å². The highest BCUT2D eigenvalue weighted by Crippen LogP contribution is 2.10. The molecule has 11 heavy (non-hydrogen) atoms. The first-order valence-corrected chi connectivity index (χ1v) is 4.60. The van der Waals surface area contributed by atoms with Crippen LogP contribution in [0.4, 0.5) is 0 Å². The molecule has 0 aliphatic rings. The number of rotatable bonds is 6. The fourth-order valence-electron chi connectivity index (χ4n) is 1.05. The molecule has 0 aromatic carbocycles. The van der Waals surface area contributed by atoms with E-state index in [1.54, 1.807) is 0 Å². The van der Waals surface area contributed by atoms with Gasteiger partial charge in [0.25, 0.3) is 0 Å². The van der Waals surface area contributed by atoms with Crippen LogP contribution in [-0.2, 0) is 0 Å². The highest BCUT2D eigenvalue weighted by molar-refractivity contribution is 4.57. The van der Waals surface area contributed by atoms with Crippen LogP contribution in [0.3, 0.4) is 0 Å². The largest absolute Gasteiger partial charge is 0.330 e. The first kappa shape index (κ1) is 10.9. The highest BCUT2D eigenvalue weighted by Gasteiger charge is 2.01. The van der Waals surface area contributed by atoms with E-state index in [1.807, 2.05) is 0 Å². The lowest BCUT2D eigenvalue weighted by molar-refractivity contribution is 0.450. The molecule has 0 rings (SSSR count). The molecule has 68 valence electrons. The van der Waals surface area contributed by atoms with Gasteiger partial charge in [0.15, 0.2) is 0 Å². The molecule has 0 heterocycles. The molecule has 0 aliphatic carbocycles. The minimum absolute atomic E-state index is 0.681. The number of hydrogen-bond acceptors (Lipinski definition) is 2. The van der Waals surface area contributed by atoms with Gasteiger partial charge in [-0.05, 0) is 37.8 Å². The Morgan fingerprint density at radius 1 is 0.909 bits per heavy atom. The molecule has 2 nitrogen and oxygen atoms in total. The molecule has 2 unspecified atom stereocenters. The maximum atomic E-state index is 5.50. The van der Waals surface area contributed by atoms with Crippen LogP contribution in [-0.4, -0.2) is 13.1 Å². The summed E-state index contributed by atoms with van der Waals surface area (Å²) in [5.74, 6) is 1.36. The van der Waals surface area contributed by atoms with Gasteiger partial charge in [-0.25, -0.2) is 0 Å². The van der Waals surface area contributed by atoms with E-state index < -0.39 is 0 Å². The van der Waals surface area contributed by atoms with Crippen LogP contribution in [0.15, 0.2) is 0 Å². The third-order valence-electron chi connectivity index (χ3n) is 2.20. The molecule has 0 fully saturated rings. The second-order valence-corrected chi connectivity index (χ2v) is 3.61. The zero-order chi connectivity index (χ0) is 8.69. The first-order valence-electron chi connectivity index (χ1n) is 4.60. The molecule has 0 saturated carbocycles. The Bertz CT molecular complexity index is 73.6. The topological polar surface area (TPSA) is 52.0 Å². The van der Waals surface area contributed by atoms with Crippen molar-refractivity contribution in [2.24, 2.45) is 23.3 Å². The zero-order valence-corrected chi connectivity index (χ0v) is 7.84. The lowest BCUT2D eigenvalue weighted by Crippen LogP contribution is -2.13. The summed E-state index contributed by atoms with van der Waals surface area (Å²) in [5.41, 5.74) is 11.0. The summed E-state index contributed by atoms with van der Waals surface area (Å²) in [6.45, 7) is 6.04. The van der Waals surface area contributed by atoms with Crippen molar-refractivity contribution < 1.29 is 0 Å². The van der Waals surface area contributed by atoms with E-state index in [0.717, 1.165) is 13.1 Å². The van der Waals surface area contributed by atoms with Crippen molar-refractivity contribution in [2.45, 2.75) is 33.1 Å². The Morgan fingerprint density at radius 3 is 1.55 bits per heavy atom. The molecule has 2 atom stereocenters. The zero-order valence-electron chi connectivity index (χ0n) is 7.84. The molecule has 0 bridgehead atoms. The minimum Gasteiger partial charge on any atom is -0.330 e. The molecule has 0 aliphatic heterocycles. The van der Waals surface area contributed by atoms with Crippen LogP contribution < -0.4 is 11.5 Å². The van der Waals surface area contributed by atoms with E-state index >= 15 is 0 Å². The van der Waals surface area contributed by atoms with Crippen LogP contribution in [0, 0.1) is 11.8 Å². The summed E-state index contributed by atoms with van der Waals surface area (Å²) >= 11 is 0. The number of nitrogens with two attached hydrogens (primary N) is 2. The summed E-state index contributed by atoms with van der Waals surface area (Å²) in [5, 5.41) is 0. The fourth-order valence-corrected chi connectivity index (χ4v) is 1.05. The Hall–Kier alpha value is -0.0800. The molecule has 4 N–H and O–H groups in total. The van der Waals surface area contributed by atoms with Gasteiger partial charge in [0.2, 0.25) is 0 Å². The van der Waals surface area contributed by atoms with Gasteiger partial charge >= 0.3 is 0 Å². The average Bonchev–Trinajstić information content (AvgIpc) is 2.04. The van der Waals surface area contributed by atoms with E-state index in [4.69, 9.17) is 11.5 Å². The van der Waals surface area contributed by atoms with Crippen molar-refractivity contribution in [3.05, 3.63) is 0 Å². The van der Waals surface area contributed by atoms with Crippen molar-refractivity contribution in [1.29, 1.82) is 0 Å². The predicted octanol–water partition coefficient (Wildman–Crippen LogP) is 1.35. The van der Waals surface area contributed by atoms with Crippen molar-refractivity contribution in [3.63, 3.8) is 0 Å². The van der Waals surface area contributed by atoms with Crippen LogP contribution in [0.1, 0.15) is 33.1 Å². The Labute approximate surface area is 70.3 Å². The lowest BCUT2D eigenvalue weighted by Gasteiger charge is -2.10. The van der Waals surface area contributed by atoms with Crippen molar-refractivity contribution in [3.8, 4) is 0 Å². The summed E-state index contributed by atoms with van der Waals surface area (Å²) in [6.07, 6.45) is 3.78. The molecule has 0 radical (unpaired) electrons. The SMILES string of the molecule is CC(CN)CCCC(C)CN. The summed E-state index contributed by atoms with van der Waals surface area (Å²) in [7, 11) is 0. The highest BCUT2D eigenvalue weighted by atomic mass is 14.5. The molecule has 0 spiro atoms. The maximum absolute atomic E-state index is 5.50. The summed E-state index contributed by atoms with van der Waals surface area (Å²) in [6, 6.07) is 0. The molecule has 2 heteroatoms. The van der Waals surface area contributed by atoms with Crippen LogP contribution in [0.25, 0.3) is 0 Å². The van der Waals surface area contributed by atoms with E-state index in [0.29, 0.717) is 11.8 Å². The molecule has 0 saturated heterocycles. The predicted molar refractivity (Wildman–Crippen MR) is 50.3 cm³/mol. The average molecular weight is 158 g/mol. The number of hydrogen-bond donors (Lipinski definition) is 2. The normalized spacial score (nSPS) is 16.4. The minimum atomic E-state index is 0.681. The molecule has 0 aromatic rings. The lowest BCUT2D eigenvalue weighted by atomic mass is 9.99. The van der Waals surface area contributed by atoms with Gasteiger partial charge in [0.05, 0.1) is 0 Å². The third-order valence-corrected chi connectivity index (χ3v) is 2.20. The Morgan fingerprint density at radius 2 is 1.27 bits per heavy atom. The van der Waals surface area contributed by atoms with Gasteiger partial charge in [-0.1, -0.05) is 20.3 Å². The molecular weight excluding hydrogens is 136 g/mol. The van der Waals surface area contributed by atoms with Gasteiger partial charge < -0.3 is 11.5 Å². The Balaban J connectivity index is 3.13. The molecular formula is C9H22N2. The van der Waals surface area contributed by atoms with Crippen molar-refractivity contribution >= 4 is 0 Å². The maximum Gasteiger partial charge on any atom is -0.00515 e. The van der Waals surface area contributed by atoms with E-state index in [-0.39, 0.29) is 0 Å². The molecule has 0 aromatic heterocycles.